The quantitative estimate of drug-likeness (QED) is 0.206. The largest absolute Gasteiger partial charge is 0.387 e. The number of carbonyl (C=O) groups excluding carboxylic acids is 1. The van der Waals surface area contributed by atoms with Crippen LogP contribution in [0.3, 0.4) is 0 Å². The average molecular weight is 599 g/mol. The molecule has 214 valence electrons. The molecule has 11 heteroatoms. The predicted octanol–water partition coefficient (Wildman–Crippen LogP) is 4.20. The molecule has 1 amide bonds. The lowest BCUT2D eigenvalue weighted by atomic mass is 10.00. The number of anilines is 1. The third-order valence-electron chi connectivity index (χ3n) is 5.71. The van der Waals surface area contributed by atoms with Crippen molar-refractivity contribution in [1.29, 1.82) is 0 Å². The first-order chi connectivity index (χ1) is 17.8. The Bertz CT molecular complexity index is 1260. The van der Waals surface area contributed by atoms with Gasteiger partial charge in [0.25, 0.3) is 5.91 Å². The fourth-order valence-electron chi connectivity index (χ4n) is 3.82. The Labute approximate surface area is 243 Å². The molecule has 8 nitrogen and oxygen atoms in total. The van der Waals surface area contributed by atoms with E-state index in [1.54, 1.807) is 12.1 Å². The fraction of sp³-hybridized carbons (Fsp3) is 0.321. The van der Waals surface area contributed by atoms with Crippen LogP contribution >= 0.6 is 24.8 Å². The van der Waals surface area contributed by atoms with Crippen molar-refractivity contribution in [2.24, 2.45) is 0 Å². The highest BCUT2D eigenvalue weighted by Crippen LogP contribution is 2.26. The van der Waals surface area contributed by atoms with Gasteiger partial charge in [0.05, 0.1) is 24.5 Å². The normalized spacial score (nSPS) is 11.6. The van der Waals surface area contributed by atoms with Gasteiger partial charge in [-0.05, 0) is 54.3 Å². The fourth-order valence-corrected chi connectivity index (χ4v) is 4.27. The lowest BCUT2D eigenvalue weighted by molar-refractivity contribution is 0.0982. The Kier molecular flexibility index (Phi) is 15.1. The molecule has 0 aliphatic carbocycles. The van der Waals surface area contributed by atoms with Crippen molar-refractivity contribution in [1.82, 2.24) is 10.0 Å². The van der Waals surface area contributed by atoms with Gasteiger partial charge in [0.1, 0.15) is 0 Å². The van der Waals surface area contributed by atoms with Crippen molar-refractivity contribution in [2.45, 2.75) is 19.4 Å². The van der Waals surface area contributed by atoms with Crippen molar-refractivity contribution in [3.05, 3.63) is 89.5 Å². The van der Waals surface area contributed by atoms with Crippen LogP contribution in [0.5, 0.6) is 0 Å². The summed E-state index contributed by atoms with van der Waals surface area (Å²) in [5, 5.41) is 16.7. The van der Waals surface area contributed by atoms with Crippen molar-refractivity contribution >= 4 is 46.4 Å². The molecule has 3 aromatic carbocycles. The summed E-state index contributed by atoms with van der Waals surface area (Å²) in [6.45, 7) is 4.64. The molecule has 0 fully saturated rings. The molecule has 0 unspecified atom stereocenters. The molecule has 4 N–H and O–H groups in total. The summed E-state index contributed by atoms with van der Waals surface area (Å²) >= 11 is 0. The van der Waals surface area contributed by atoms with Crippen LogP contribution in [0, 0.1) is 0 Å². The van der Waals surface area contributed by atoms with E-state index in [2.05, 4.69) is 22.8 Å². The van der Waals surface area contributed by atoms with E-state index < -0.39 is 22.0 Å². The van der Waals surface area contributed by atoms with Crippen molar-refractivity contribution in [3.8, 4) is 11.1 Å². The highest BCUT2D eigenvalue weighted by Gasteiger charge is 2.16. The van der Waals surface area contributed by atoms with Gasteiger partial charge in [0, 0.05) is 25.4 Å². The van der Waals surface area contributed by atoms with E-state index in [1.165, 1.54) is 0 Å². The second kappa shape index (κ2) is 17.1. The van der Waals surface area contributed by atoms with Crippen LogP contribution in [0.1, 0.15) is 34.5 Å². The molecule has 0 bridgehead atoms. The minimum atomic E-state index is -3.68. The third-order valence-corrected chi connectivity index (χ3v) is 6.26. The highest BCUT2D eigenvalue weighted by atomic mass is 35.5. The summed E-state index contributed by atoms with van der Waals surface area (Å²) in [5.74, 6) is -0.687. The van der Waals surface area contributed by atoms with Crippen LogP contribution in [0.15, 0.2) is 72.8 Å². The van der Waals surface area contributed by atoms with Gasteiger partial charge in [0.2, 0.25) is 10.0 Å². The first kappa shape index (κ1) is 34.4. The van der Waals surface area contributed by atoms with Crippen LogP contribution in [0.4, 0.5) is 5.69 Å². The highest BCUT2D eigenvalue weighted by molar-refractivity contribution is 7.89. The van der Waals surface area contributed by atoms with Crippen LogP contribution in [-0.2, 0) is 21.2 Å². The Morgan fingerprint density at radius 1 is 0.949 bits per heavy atom. The molecular formula is C28H37Cl2N3O5S. The summed E-state index contributed by atoms with van der Waals surface area (Å²) in [6, 6.07) is 23.0. The summed E-state index contributed by atoms with van der Waals surface area (Å²) in [6.07, 6.45) is 1.23. The predicted molar refractivity (Wildman–Crippen MR) is 162 cm³/mol. The average Bonchev–Trinajstić information content (AvgIpc) is 2.89. The van der Waals surface area contributed by atoms with Gasteiger partial charge in [-0.1, -0.05) is 60.7 Å². The number of hydrogen-bond donors (Lipinski definition) is 4. The van der Waals surface area contributed by atoms with Crippen LogP contribution in [0.25, 0.3) is 11.1 Å². The number of sulfonamides is 1. The topological polar surface area (TPSA) is 117 Å². The molecule has 0 aliphatic rings. The molecular weight excluding hydrogens is 561 g/mol. The molecule has 0 spiro atoms. The number of hydrogen-bond acceptors (Lipinski definition) is 7. The zero-order valence-electron chi connectivity index (χ0n) is 22.1. The zero-order chi connectivity index (χ0) is 26.7. The Morgan fingerprint density at radius 3 is 2.26 bits per heavy atom. The number of rotatable bonds is 14. The molecule has 0 aromatic heterocycles. The van der Waals surface area contributed by atoms with Crippen molar-refractivity contribution in [3.63, 3.8) is 0 Å². The maximum absolute atomic E-state index is 12.5. The van der Waals surface area contributed by atoms with Crippen molar-refractivity contribution < 1.29 is 23.1 Å². The first-order valence-corrected chi connectivity index (χ1v) is 14.2. The van der Waals surface area contributed by atoms with Crippen LogP contribution in [0.2, 0.25) is 0 Å². The van der Waals surface area contributed by atoms with E-state index in [1.807, 2.05) is 60.2 Å². The Morgan fingerprint density at radius 2 is 1.62 bits per heavy atom. The molecule has 0 radical (unpaired) electrons. The third kappa shape index (κ3) is 11.5. The molecule has 3 rings (SSSR count). The van der Waals surface area contributed by atoms with Gasteiger partial charge in [-0.2, -0.15) is 0 Å². The van der Waals surface area contributed by atoms with Crippen molar-refractivity contribution in [2.75, 3.05) is 44.4 Å². The summed E-state index contributed by atoms with van der Waals surface area (Å²) in [7, 11) is -3.68. The van der Waals surface area contributed by atoms with E-state index in [0.29, 0.717) is 32.0 Å². The first-order valence-electron chi connectivity index (χ1n) is 12.3. The molecule has 0 heterocycles. The summed E-state index contributed by atoms with van der Waals surface area (Å²) in [4.78, 5) is 12.5. The number of nitrogens with one attached hydrogen (secondary N) is 3. The molecule has 1 atom stereocenters. The molecule has 0 saturated carbocycles. The zero-order valence-corrected chi connectivity index (χ0v) is 24.5. The minimum absolute atomic E-state index is 0. The van der Waals surface area contributed by atoms with Gasteiger partial charge in [-0.3, -0.25) is 4.79 Å². The number of aliphatic hydroxyl groups is 1. The molecule has 39 heavy (non-hydrogen) atoms. The molecule has 0 saturated heterocycles. The summed E-state index contributed by atoms with van der Waals surface area (Å²) in [5.41, 5.74) is 4.69. The number of benzene rings is 3. The summed E-state index contributed by atoms with van der Waals surface area (Å²) < 4.78 is 30.5. The monoisotopic (exact) mass is 597 g/mol. The van der Waals surface area contributed by atoms with E-state index in [-0.39, 0.29) is 30.4 Å². The van der Waals surface area contributed by atoms with E-state index in [9.17, 15) is 18.3 Å². The van der Waals surface area contributed by atoms with Crippen LogP contribution < -0.4 is 15.4 Å². The molecule has 0 aliphatic heterocycles. The van der Waals surface area contributed by atoms with Crippen LogP contribution in [-0.4, -0.2) is 58.5 Å². The van der Waals surface area contributed by atoms with Gasteiger partial charge in [0.15, 0.2) is 0 Å². The standard InChI is InChI=1S/C28H35N3O5S.2ClH/c1-3-36-18-17-30-26-19-24(13-14-25(26)28(33)31-37(2,34)35)22-11-9-21(10-12-22)15-16-29-20-27(32)23-7-5-4-6-8-23;;/h4-14,19,27,29-30,32H,3,15-18,20H2,1-2H3,(H,31,33);2*1H/t27-;;/m1../s1. The smallest absolute Gasteiger partial charge is 0.266 e. The van der Waals surface area contributed by atoms with Gasteiger partial charge >= 0.3 is 0 Å². The number of aliphatic hydroxyl groups excluding tert-OH is 1. The van der Waals surface area contributed by atoms with E-state index >= 15 is 0 Å². The minimum Gasteiger partial charge on any atom is -0.387 e. The van der Waals surface area contributed by atoms with Gasteiger partial charge in [-0.15, -0.1) is 24.8 Å². The number of halogens is 2. The van der Waals surface area contributed by atoms with Gasteiger partial charge < -0.3 is 20.5 Å². The number of carbonyl (C=O) groups is 1. The Hall–Kier alpha value is -2.66. The van der Waals surface area contributed by atoms with Gasteiger partial charge in [-0.25, -0.2) is 13.1 Å². The lowest BCUT2D eigenvalue weighted by Gasteiger charge is -2.14. The second-order valence-electron chi connectivity index (χ2n) is 8.66. The lowest BCUT2D eigenvalue weighted by Crippen LogP contribution is -2.30. The number of amides is 1. The van der Waals surface area contributed by atoms with E-state index in [4.69, 9.17) is 4.74 Å². The Balaban J connectivity index is 0.00000380. The maximum atomic E-state index is 12.5. The maximum Gasteiger partial charge on any atom is 0.266 e. The number of ether oxygens (including phenoxy) is 1. The SMILES string of the molecule is CCOCCNc1cc(-c2ccc(CCNC[C@@H](O)c3ccccc3)cc2)ccc1C(=O)NS(C)(=O)=O.Cl.Cl. The van der Waals surface area contributed by atoms with E-state index in [0.717, 1.165) is 41.5 Å². The molecule has 3 aromatic rings. The second-order valence-corrected chi connectivity index (χ2v) is 10.4.